The van der Waals surface area contributed by atoms with Gasteiger partial charge in [-0.25, -0.2) is 13.2 Å². The number of carbonyl (C=O) groups is 1. The van der Waals surface area contributed by atoms with E-state index < -0.39 is 28.8 Å². The van der Waals surface area contributed by atoms with Crippen LogP contribution in [-0.2, 0) is 10.2 Å². The molecule has 0 unspecified atom stereocenters. The molecule has 0 heterocycles. The Bertz CT molecular complexity index is 599. The fourth-order valence-corrected chi connectivity index (χ4v) is 4.31. The highest BCUT2D eigenvalue weighted by Gasteiger charge is 2.44. The van der Waals surface area contributed by atoms with Crippen molar-refractivity contribution in [2.75, 3.05) is 0 Å². The predicted molar refractivity (Wildman–Crippen MR) is 100 cm³/mol. The molecule has 152 valence electrons. The molecule has 5 heteroatoms. The minimum absolute atomic E-state index is 0.0424. The summed E-state index contributed by atoms with van der Waals surface area (Å²) in [6.07, 6.45) is 11.9. The molecule has 1 saturated carbocycles. The largest absolute Gasteiger partial charge is 0.481 e. The first-order chi connectivity index (χ1) is 12.9. The van der Waals surface area contributed by atoms with Crippen molar-refractivity contribution in [1.29, 1.82) is 0 Å². The summed E-state index contributed by atoms with van der Waals surface area (Å²) in [7, 11) is 0. The van der Waals surface area contributed by atoms with Crippen LogP contribution in [0.25, 0.3) is 0 Å². The third-order valence-electron chi connectivity index (χ3n) is 6.12. The third-order valence-corrected chi connectivity index (χ3v) is 6.12. The van der Waals surface area contributed by atoms with Crippen LogP contribution in [0.4, 0.5) is 13.2 Å². The minimum atomic E-state index is -1.55. The summed E-state index contributed by atoms with van der Waals surface area (Å²) in [4.78, 5) is 11.9. The molecule has 0 bridgehead atoms. The van der Waals surface area contributed by atoms with Gasteiger partial charge in [-0.2, -0.15) is 0 Å². The van der Waals surface area contributed by atoms with E-state index in [2.05, 4.69) is 6.92 Å². The van der Waals surface area contributed by atoms with Gasteiger partial charge in [0.1, 0.15) is 0 Å². The molecule has 0 spiro atoms. The average molecular weight is 384 g/mol. The van der Waals surface area contributed by atoms with Gasteiger partial charge in [0.2, 0.25) is 0 Å². The molecule has 1 aromatic carbocycles. The van der Waals surface area contributed by atoms with Crippen LogP contribution < -0.4 is 0 Å². The van der Waals surface area contributed by atoms with E-state index in [-0.39, 0.29) is 5.56 Å². The van der Waals surface area contributed by atoms with Gasteiger partial charge in [0.05, 0.1) is 5.41 Å². The van der Waals surface area contributed by atoms with Gasteiger partial charge in [-0.3, -0.25) is 4.79 Å². The Balaban J connectivity index is 1.89. The number of hydrogen-bond acceptors (Lipinski definition) is 1. The van der Waals surface area contributed by atoms with Gasteiger partial charge >= 0.3 is 5.97 Å². The fourth-order valence-electron chi connectivity index (χ4n) is 4.31. The molecule has 0 aliphatic heterocycles. The summed E-state index contributed by atoms with van der Waals surface area (Å²) in [6, 6.07) is 1.70. The summed E-state index contributed by atoms with van der Waals surface area (Å²) >= 11 is 0. The Hall–Kier alpha value is -1.52. The van der Waals surface area contributed by atoms with E-state index in [1.165, 1.54) is 38.5 Å². The van der Waals surface area contributed by atoms with Crippen LogP contribution in [0.3, 0.4) is 0 Å². The molecular weight excluding hydrogens is 353 g/mol. The van der Waals surface area contributed by atoms with Crippen molar-refractivity contribution >= 4 is 5.97 Å². The predicted octanol–water partition coefficient (Wildman–Crippen LogP) is 6.76. The summed E-state index contributed by atoms with van der Waals surface area (Å²) < 4.78 is 40.5. The second kappa shape index (κ2) is 10.1. The van der Waals surface area contributed by atoms with Gasteiger partial charge in [-0.05, 0) is 49.3 Å². The first kappa shape index (κ1) is 21.8. The van der Waals surface area contributed by atoms with Crippen molar-refractivity contribution in [3.63, 3.8) is 0 Å². The third kappa shape index (κ3) is 5.49. The Labute approximate surface area is 160 Å². The lowest BCUT2D eigenvalue weighted by Crippen LogP contribution is -2.40. The van der Waals surface area contributed by atoms with Gasteiger partial charge in [-0.15, -0.1) is 0 Å². The summed E-state index contributed by atoms with van der Waals surface area (Å²) in [5.74, 6) is -4.82. The maximum atomic E-state index is 13.6. The monoisotopic (exact) mass is 384 g/mol. The van der Waals surface area contributed by atoms with Gasteiger partial charge in [-0.1, -0.05) is 58.3 Å². The van der Waals surface area contributed by atoms with Gasteiger partial charge in [0.25, 0.3) is 0 Å². The Morgan fingerprint density at radius 3 is 2.04 bits per heavy atom. The van der Waals surface area contributed by atoms with Crippen molar-refractivity contribution in [2.24, 2.45) is 5.92 Å². The molecule has 1 aliphatic carbocycles. The topological polar surface area (TPSA) is 37.3 Å². The van der Waals surface area contributed by atoms with Crippen LogP contribution in [0, 0.1) is 23.4 Å². The molecule has 2 nitrogen and oxygen atoms in total. The van der Waals surface area contributed by atoms with E-state index >= 15 is 0 Å². The van der Waals surface area contributed by atoms with Gasteiger partial charge in [0, 0.05) is 0 Å². The second-order valence-electron chi connectivity index (χ2n) is 7.99. The number of rotatable bonds is 10. The molecule has 0 saturated heterocycles. The first-order valence-corrected chi connectivity index (χ1v) is 10.3. The number of halogens is 3. The number of unbranched alkanes of at least 4 members (excludes halogenated alkanes) is 6. The molecule has 0 amide bonds. The van der Waals surface area contributed by atoms with Crippen LogP contribution in [0.1, 0.15) is 89.5 Å². The zero-order valence-corrected chi connectivity index (χ0v) is 16.2. The number of carboxylic acid groups (broad SMARTS) is 1. The second-order valence-corrected chi connectivity index (χ2v) is 7.99. The molecule has 0 atom stereocenters. The Kier molecular flexibility index (Phi) is 8.18. The number of hydrogen-bond donors (Lipinski definition) is 1. The molecule has 27 heavy (non-hydrogen) atoms. The molecule has 1 aromatic rings. The minimum Gasteiger partial charge on any atom is -0.481 e. The standard InChI is InChI=1S/C22H31F3O2/c1-2-3-4-5-6-7-8-9-16-10-12-22(13-11-16,21(26)27)17-14-18(23)20(25)19(24)15-17/h14-16H,2-13H2,1H3,(H,26,27). The lowest BCUT2D eigenvalue weighted by molar-refractivity contribution is -0.145. The van der Waals surface area contributed by atoms with Gasteiger partial charge in [0.15, 0.2) is 17.5 Å². The Morgan fingerprint density at radius 1 is 1.00 bits per heavy atom. The normalized spacial score (nSPS) is 22.7. The highest BCUT2D eigenvalue weighted by Crippen LogP contribution is 2.44. The van der Waals surface area contributed by atoms with E-state index in [1.54, 1.807) is 0 Å². The summed E-state index contributed by atoms with van der Waals surface area (Å²) in [5, 5.41) is 9.76. The van der Waals surface area contributed by atoms with Crippen LogP contribution >= 0.6 is 0 Å². The first-order valence-electron chi connectivity index (χ1n) is 10.3. The van der Waals surface area contributed by atoms with Crippen molar-refractivity contribution < 1.29 is 23.1 Å². The lowest BCUT2D eigenvalue weighted by atomic mass is 9.66. The van der Waals surface area contributed by atoms with E-state index in [0.717, 1.165) is 37.8 Å². The van der Waals surface area contributed by atoms with E-state index in [9.17, 15) is 23.1 Å². The number of carboxylic acids is 1. The average Bonchev–Trinajstić information content (AvgIpc) is 2.65. The van der Waals surface area contributed by atoms with Gasteiger partial charge < -0.3 is 5.11 Å². The maximum Gasteiger partial charge on any atom is 0.314 e. The van der Waals surface area contributed by atoms with E-state index in [4.69, 9.17) is 0 Å². The highest BCUT2D eigenvalue weighted by atomic mass is 19.2. The van der Waals surface area contributed by atoms with Crippen LogP contribution in [0.15, 0.2) is 12.1 Å². The molecule has 0 radical (unpaired) electrons. The summed E-state index contributed by atoms with van der Waals surface area (Å²) in [5.41, 5.74) is -1.27. The molecule has 2 rings (SSSR count). The van der Waals surface area contributed by atoms with Crippen LogP contribution in [0.2, 0.25) is 0 Å². The molecule has 1 N–H and O–H groups in total. The SMILES string of the molecule is CCCCCCCCCC1CCC(C(=O)O)(c2cc(F)c(F)c(F)c2)CC1. The van der Waals surface area contributed by atoms with Crippen LogP contribution in [0.5, 0.6) is 0 Å². The lowest BCUT2D eigenvalue weighted by Gasteiger charge is -2.37. The van der Waals surface area contributed by atoms with Crippen molar-refractivity contribution in [3.8, 4) is 0 Å². The highest BCUT2D eigenvalue weighted by molar-refractivity contribution is 5.81. The molecule has 1 aliphatic rings. The smallest absolute Gasteiger partial charge is 0.314 e. The molecule has 0 aromatic heterocycles. The molecule has 1 fully saturated rings. The van der Waals surface area contributed by atoms with E-state index in [0.29, 0.717) is 18.8 Å². The zero-order chi connectivity index (χ0) is 19.9. The summed E-state index contributed by atoms with van der Waals surface area (Å²) in [6.45, 7) is 2.20. The van der Waals surface area contributed by atoms with Crippen molar-refractivity contribution in [3.05, 3.63) is 35.1 Å². The van der Waals surface area contributed by atoms with Crippen LogP contribution in [-0.4, -0.2) is 11.1 Å². The number of aliphatic carboxylic acids is 1. The fraction of sp³-hybridized carbons (Fsp3) is 0.682. The molecular formula is C22H31F3O2. The Morgan fingerprint density at radius 2 is 1.52 bits per heavy atom. The quantitative estimate of drug-likeness (QED) is 0.357. The number of benzene rings is 1. The zero-order valence-electron chi connectivity index (χ0n) is 16.2. The van der Waals surface area contributed by atoms with Crippen molar-refractivity contribution in [2.45, 2.75) is 89.4 Å². The maximum absolute atomic E-state index is 13.6. The van der Waals surface area contributed by atoms with E-state index in [1.807, 2.05) is 0 Å². The van der Waals surface area contributed by atoms with Crippen molar-refractivity contribution in [1.82, 2.24) is 0 Å².